The predicted octanol–water partition coefficient (Wildman–Crippen LogP) is 3.41. The molecule has 1 N–H and O–H groups in total. The van der Waals surface area contributed by atoms with E-state index in [0.29, 0.717) is 6.04 Å². The summed E-state index contributed by atoms with van der Waals surface area (Å²) >= 11 is 1.92. The fourth-order valence-electron chi connectivity index (χ4n) is 2.49. The van der Waals surface area contributed by atoms with E-state index in [1.807, 2.05) is 11.8 Å². The first kappa shape index (κ1) is 15.9. The van der Waals surface area contributed by atoms with Crippen molar-refractivity contribution in [2.24, 2.45) is 0 Å². The Morgan fingerprint density at radius 3 is 2.85 bits per heavy atom. The second-order valence-electron chi connectivity index (χ2n) is 5.91. The van der Waals surface area contributed by atoms with Gasteiger partial charge in [0.25, 0.3) is 0 Å². The summed E-state index contributed by atoms with van der Waals surface area (Å²) in [7, 11) is 2.20. The van der Waals surface area contributed by atoms with Crippen molar-refractivity contribution >= 4 is 11.8 Å². The number of nitrogens with zero attached hydrogens (tertiary/aromatic N) is 1. The molecule has 0 saturated heterocycles. The van der Waals surface area contributed by atoms with Crippen molar-refractivity contribution in [3.05, 3.63) is 23.2 Å². The first-order valence-corrected chi connectivity index (χ1v) is 9.04. The first-order valence-electron chi connectivity index (χ1n) is 7.64. The van der Waals surface area contributed by atoms with Crippen LogP contribution >= 0.6 is 11.8 Å². The molecule has 0 bridgehead atoms. The summed E-state index contributed by atoms with van der Waals surface area (Å²) in [6, 6.07) is 3.56. The van der Waals surface area contributed by atoms with Crippen molar-refractivity contribution in [3.63, 3.8) is 0 Å². The van der Waals surface area contributed by atoms with Crippen LogP contribution in [0.4, 0.5) is 0 Å². The van der Waals surface area contributed by atoms with E-state index in [1.165, 1.54) is 30.6 Å². The van der Waals surface area contributed by atoms with E-state index < -0.39 is 0 Å². The number of aryl methyl sites for hydroxylation is 1. The van der Waals surface area contributed by atoms with E-state index >= 15 is 0 Å². The van der Waals surface area contributed by atoms with Crippen molar-refractivity contribution in [1.82, 2.24) is 10.2 Å². The van der Waals surface area contributed by atoms with Gasteiger partial charge in [-0.3, -0.25) is 4.90 Å². The second kappa shape index (κ2) is 7.53. The van der Waals surface area contributed by atoms with Crippen molar-refractivity contribution in [2.45, 2.75) is 58.3 Å². The Balaban J connectivity index is 1.89. The molecule has 0 aromatic carbocycles. The zero-order chi connectivity index (χ0) is 14.5. The topological polar surface area (TPSA) is 28.4 Å². The fraction of sp³-hybridized carbons (Fsp3) is 0.750. The number of hydrogen-bond donors (Lipinski definition) is 1. The van der Waals surface area contributed by atoms with Gasteiger partial charge in [0.05, 0.1) is 13.1 Å². The van der Waals surface area contributed by atoms with Gasteiger partial charge in [0.2, 0.25) is 0 Å². The molecule has 1 aliphatic rings. The quantitative estimate of drug-likeness (QED) is 0.756. The normalized spacial score (nSPS) is 16.9. The van der Waals surface area contributed by atoms with Crippen LogP contribution in [0.2, 0.25) is 0 Å². The number of hydrogen-bond acceptors (Lipinski definition) is 4. The summed E-state index contributed by atoms with van der Waals surface area (Å²) in [6.45, 7) is 6.19. The third-order valence-corrected chi connectivity index (χ3v) is 4.78. The van der Waals surface area contributed by atoms with E-state index in [2.05, 4.69) is 43.4 Å². The van der Waals surface area contributed by atoms with Crippen LogP contribution in [0.1, 0.15) is 43.3 Å². The third kappa shape index (κ3) is 4.54. The highest BCUT2D eigenvalue weighted by molar-refractivity contribution is 7.98. The van der Waals surface area contributed by atoms with E-state index in [-0.39, 0.29) is 0 Å². The molecular formula is C16H28N2OS. The molecule has 0 radical (unpaired) electrons. The predicted molar refractivity (Wildman–Crippen MR) is 87.2 cm³/mol. The van der Waals surface area contributed by atoms with E-state index in [4.69, 9.17) is 4.42 Å². The summed E-state index contributed by atoms with van der Waals surface area (Å²) in [4.78, 5) is 2.41. The molecule has 3 nitrogen and oxygen atoms in total. The highest BCUT2D eigenvalue weighted by atomic mass is 32.2. The van der Waals surface area contributed by atoms with Crippen LogP contribution in [0.15, 0.2) is 10.5 Å². The van der Waals surface area contributed by atoms with Crippen molar-refractivity contribution in [3.8, 4) is 0 Å². The Bertz CT molecular complexity index is 415. The van der Waals surface area contributed by atoms with Crippen LogP contribution in [0.5, 0.6) is 0 Å². The molecule has 1 aromatic rings. The smallest absolute Gasteiger partial charge is 0.120 e. The molecule has 2 rings (SSSR count). The molecule has 1 saturated carbocycles. The van der Waals surface area contributed by atoms with Gasteiger partial charge in [0.15, 0.2) is 0 Å². The van der Waals surface area contributed by atoms with Gasteiger partial charge in [0.1, 0.15) is 11.5 Å². The molecule has 1 unspecified atom stereocenters. The van der Waals surface area contributed by atoms with Gasteiger partial charge in [0, 0.05) is 17.8 Å². The van der Waals surface area contributed by atoms with Gasteiger partial charge in [-0.2, -0.15) is 11.8 Å². The maximum absolute atomic E-state index is 6.03. The van der Waals surface area contributed by atoms with Crippen molar-refractivity contribution in [2.75, 3.05) is 19.1 Å². The number of nitrogens with one attached hydrogen (secondary N) is 1. The molecule has 1 aliphatic carbocycles. The molecular weight excluding hydrogens is 268 g/mol. The Labute approximate surface area is 127 Å². The largest absolute Gasteiger partial charge is 0.463 e. The van der Waals surface area contributed by atoms with Gasteiger partial charge >= 0.3 is 0 Å². The molecule has 4 heteroatoms. The van der Waals surface area contributed by atoms with Gasteiger partial charge in [-0.15, -0.1) is 0 Å². The SMILES string of the molecule is CCC(CSC)N(C)Cc1cc(C)c(CNC2CC2)o1. The lowest BCUT2D eigenvalue weighted by atomic mass is 10.2. The highest BCUT2D eigenvalue weighted by Gasteiger charge is 2.21. The second-order valence-corrected chi connectivity index (χ2v) is 6.82. The minimum Gasteiger partial charge on any atom is -0.463 e. The van der Waals surface area contributed by atoms with Crippen molar-refractivity contribution < 1.29 is 4.42 Å². The first-order chi connectivity index (χ1) is 9.63. The maximum Gasteiger partial charge on any atom is 0.120 e. The zero-order valence-electron chi connectivity index (χ0n) is 13.2. The van der Waals surface area contributed by atoms with Gasteiger partial charge in [-0.25, -0.2) is 0 Å². The molecule has 114 valence electrons. The summed E-state index contributed by atoms with van der Waals surface area (Å²) in [6.07, 6.45) is 6.01. The Hall–Kier alpha value is -0.450. The third-order valence-electron chi connectivity index (χ3n) is 4.06. The molecule has 0 amide bonds. The number of furan rings is 1. The summed E-state index contributed by atoms with van der Waals surface area (Å²) < 4.78 is 6.03. The van der Waals surface area contributed by atoms with E-state index in [1.54, 1.807) is 0 Å². The number of rotatable bonds is 9. The monoisotopic (exact) mass is 296 g/mol. The van der Waals surface area contributed by atoms with E-state index in [9.17, 15) is 0 Å². The van der Waals surface area contributed by atoms with E-state index in [0.717, 1.165) is 30.7 Å². The van der Waals surface area contributed by atoms with Crippen LogP contribution in [-0.2, 0) is 13.1 Å². The molecule has 20 heavy (non-hydrogen) atoms. The maximum atomic E-state index is 6.03. The molecule has 1 fully saturated rings. The lowest BCUT2D eigenvalue weighted by molar-refractivity contribution is 0.226. The Kier molecular flexibility index (Phi) is 6.00. The fourth-order valence-corrected chi connectivity index (χ4v) is 3.37. The minimum atomic E-state index is 0.628. The molecule has 1 atom stereocenters. The van der Waals surface area contributed by atoms with Gasteiger partial charge in [-0.1, -0.05) is 6.92 Å². The van der Waals surface area contributed by atoms with Crippen molar-refractivity contribution in [1.29, 1.82) is 0 Å². The molecule has 1 aromatic heterocycles. The van der Waals surface area contributed by atoms with Gasteiger partial charge < -0.3 is 9.73 Å². The number of thioether (sulfide) groups is 1. The van der Waals surface area contributed by atoms with Crippen LogP contribution < -0.4 is 5.32 Å². The molecule has 0 aliphatic heterocycles. The summed E-state index contributed by atoms with van der Waals surface area (Å²) in [5.41, 5.74) is 1.28. The molecule has 0 spiro atoms. The average molecular weight is 296 g/mol. The average Bonchev–Trinajstić information content (AvgIpc) is 3.18. The van der Waals surface area contributed by atoms with Crippen LogP contribution in [0.3, 0.4) is 0 Å². The summed E-state index contributed by atoms with van der Waals surface area (Å²) in [5, 5.41) is 3.52. The van der Waals surface area contributed by atoms with Crippen LogP contribution in [0, 0.1) is 6.92 Å². The molecule has 1 heterocycles. The van der Waals surface area contributed by atoms with Gasteiger partial charge in [-0.05, 0) is 51.1 Å². The standard InChI is InChI=1S/C16H28N2OS/c1-5-14(11-20-4)18(3)10-15-8-12(2)16(19-15)9-17-13-6-7-13/h8,13-14,17H,5-7,9-11H2,1-4H3. The highest BCUT2D eigenvalue weighted by Crippen LogP contribution is 2.22. The van der Waals surface area contributed by atoms with Crippen LogP contribution in [-0.4, -0.2) is 36.0 Å². The Morgan fingerprint density at radius 1 is 1.50 bits per heavy atom. The lowest BCUT2D eigenvalue weighted by Crippen LogP contribution is -2.32. The van der Waals surface area contributed by atoms with Crippen LogP contribution in [0.25, 0.3) is 0 Å². The Morgan fingerprint density at radius 2 is 2.25 bits per heavy atom. The lowest BCUT2D eigenvalue weighted by Gasteiger charge is -2.25. The summed E-state index contributed by atoms with van der Waals surface area (Å²) in [5.74, 6) is 3.39. The minimum absolute atomic E-state index is 0.628. The zero-order valence-corrected chi connectivity index (χ0v) is 14.1.